The fourth-order valence-electron chi connectivity index (χ4n) is 5.38. The lowest BCUT2D eigenvalue weighted by Crippen LogP contribution is -2.46. The zero-order valence-electron chi connectivity index (χ0n) is 19.5. The minimum atomic E-state index is -3.56. The van der Waals surface area contributed by atoms with E-state index < -0.39 is 10.0 Å². The van der Waals surface area contributed by atoms with Crippen LogP contribution in [0.4, 0.5) is 0 Å². The minimum absolute atomic E-state index is 0.0753. The lowest BCUT2D eigenvalue weighted by atomic mass is 9.89. The maximum absolute atomic E-state index is 13.2. The van der Waals surface area contributed by atoms with Crippen LogP contribution < -0.4 is 0 Å². The first-order chi connectivity index (χ1) is 16.5. The van der Waals surface area contributed by atoms with Gasteiger partial charge in [0.05, 0.1) is 4.90 Å². The van der Waals surface area contributed by atoms with Gasteiger partial charge in [0.15, 0.2) is 0 Å². The summed E-state index contributed by atoms with van der Waals surface area (Å²) in [6.07, 6.45) is 4.34. The molecule has 0 N–H and O–H groups in total. The number of carbonyl (C=O) groups excluding carboxylic acids is 1. The molecule has 0 unspecified atom stereocenters. The highest BCUT2D eigenvalue weighted by Crippen LogP contribution is 2.29. The Labute approximate surface area is 202 Å². The molecule has 1 amide bonds. The van der Waals surface area contributed by atoms with Crippen molar-refractivity contribution in [1.29, 1.82) is 0 Å². The topological polar surface area (TPSA) is 57.7 Å². The molecule has 2 saturated heterocycles. The molecular formula is C28H32N2O3S. The molecule has 0 aromatic heterocycles. The van der Waals surface area contributed by atoms with E-state index >= 15 is 0 Å². The van der Waals surface area contributed by atoms with Crippen LogP contribution in [0.3, 0.4) is 0 Å². The highest BCUT2D eigenvalue weighted by Gasteiger charge is 2.35. The fourth-order valence-corrected chi connectivity index (χ4v) is 6.89. The number of sulfonamides is 1. The van der Waals surface area contributed by atoms with E-state index in [0.717, 1.165) is 43.1 Å². The van der Waals surface area contributed by atoms with Gasteiger partial charge in [0.2, 0.25) is 15.9 Å². The number of carbonyl (C=O) groups is 1. The summed E-state index contributed by atoms with van der Waals surface area (Å²) in [4.78, 5) is 15.5. The van der Waals surface area contributed by atoms with Gasteiger partial charge in [-0.05, 0) is 66.5 Å². The van der Waals surface area contributed by atoms with E-state index in [9.17, 15) is 13.2 Å². The van der Waals surface area contributed by atoms with Gasteiger partial charge in [-0.2, -0.15) is 4.31 Å². The SMILES string of the molecule is O=C(C1CCN(S(=O)(=O)c2ccc3ccccc3c2)CC1)N1CCC(Cc2ccccc2)CC1. The fraction of sp³-hybridized carbons (Fsp3) is 0.393. The van der Waals surface area contributed by atoms with Gasteiger partial charge in [0.1, 0.15) is 0 Å². The molecule has 34 heavy (non-hydrogen) atoms. The number of nitrogens with zero attached hydrogens (tertiary/aromatic N) is 2. The molecular weight excluding hydrogens is 444 g/mol. The quantitative estimate of drug-likeness (QED) is 0.535. The van der Waals surface area contributed by atoms with Crippen LogP contribution in [0.5, 0.6) is 0 Å². The first-order valence-electron chi connectivity index (χ1n) is 12.3. The van der Waals surface area contributed by atoms with Crippen molar-refractivity contribution >= 4 is 26.7 Å². The van der Waals surface area contributed by atoms with Crippen molar-refractivity contribution in [2.75, 3.05) is 26.2 Å². The Morgan fingerprint density at radius 2 is 1.41 bits per heavy atom. The third-order valence-corrected chi connectivity index (χ3v) is 9.35. The van der Waals surface area contributed by atoms with E-state index in [1.165, 1.54) is 5.56 Å². The first-order valence-corrected chi connectivity index (χ1v) is 13.8. The Kier molecular flexibility index (Phi) is 6.70. The van der Waals surface area contributed by atoms with Gasteiger partial charge in [-0.3, -0.25) is 4.79 Å². The summed E-state index contributed by atoms with van der Waals surface area (Å²) in [5.74, 6) is 0.759. The number of hydrogen-bond acceptors (Lipinski definition) is 3. The zero-order valence-corrected chi connectivity index (χ0v) is 20.3. The van der Waals surface area contributed by atoms with E-state index in [0.29, 0.717) is 36.7 Å². The van der Waals surface area contributed by atoms with Crippen LogP contribution in [0, 0.1) is 11.8 Å². The average molecular weight is 477 g/mol. The van der Waals surface area contributed by atoms with Crippen molar-refractivity contribution in [3.05, 3.63) is 78.4 Å². The Bertz CT molecular complexity index is 1240. The molecule has 2 fully saturated rings. The molecule has 0 spiro atoms. The normalized spacial score (nSPS) is 18.9. The largest absolute Gasteiger partial charge is 0.342 e. The molecule has 2 aliphatic heterocycles. The van der Waals surface area contributed by atoms with Crippen molar-refractivity contribution in [3.8, 4) is 0 Å². The lowest BCUT2D eigenvalue weighted by Gasteiger charge is -2.37. The second-order valence-corrected chi connectivity index (χ2v) is 11.6. The highest BCUT2D eigenvalue weighted by atomic mass is 32.2. The van der Waals surface area contributed by atoms with Gasteiger partial charge in [-0.1, -0.05) is 60.7 Å². The monoisotopic (exact) mass is 476 g/mol. The number of likely N-dealkylation sites (tertiary alicyclic amines) is 1. The number of hydrogen-bond donors (Lipinski definition) is 0. The number of piperidine rings is 2. The Balaban J connectivity index is 1.15. The maximum Gasteiger partial charge on any atom is 0.243 e. The van der Waals surface area contributed by atoms with Crippen molar-refractivity contribution in [2.24, 2.45) is 11.8 Å². The van der Waals surface area contributed by atoms with Crippen molar-refractivity contribution < 1.29 is 13.2 Å². The molecule has 0 saturated carbocycles. The number of fused-ring (bicyclic) bond motifs is 1. The van der Waals surface area contributed by atoms with Gasteiger partial charge >= 0.3 is 0 Å². The molecule has 5 rings (SSSR count). The molecule has 3 aromatic carbocycles. The summed E-state index contributed by atoms with van der Waals surface area (Å²) in [5, 5.41) is 1.95. The van der Waals surface area contributed by atoms with E-state index in [2.05, 4.69) is 24.3 Å². The summed E-state index contributed by atoms with van der Waals surface area (Å²) in [6.45, 7) is 2.42. The van der Waals surface area contributed by atoms with Crippen molar-refractivity contribution in [2.45, 2.75) is 37.0 Å². The van der Waals surface area contributed by atoms with Crippen molar-refractivity contribution in [3.63, 3.8) is 0 Å². The van der Waals surface area contributed by atoms with E-state index in [1.54, 1.807) is 16.4 Å². The predicted octanol–water partition coefficient (Wildman–Crippen LogP) is 4.72. The molecule has 0 aliphatic carbocycles. The van der Waals surface area contributed by atoms with E-state index in [-0.39, 0.29) is 11.8 Å². The summed E-state index contributed by atoms with van der Waals surface area (Å²) in [5.41, 5.74) is 1.37. The van der Waals surface area contributed by atoms with Gasteiger partial charge < -0.3 is 4.90 Å². The molecule has 2 heterocycles. The predicted molar refractivity (Wildman–Crippen MR) is 135 cm³/mol. The van der Waals surface area contributed by atoms with E-state index in [4.69, 9.17) is 0 Å². The second kappa shape index (κ2) is 9.88. The van der Waals surface area contributed by atoms with Crippen LogP contribution in [0.15, 0.2) is 77.7 Å². The zero-order chi connectivity index (χ0) is 23.5. The molecule has 0 bridgehead atoms. The smallest absolute Gasteiger partial charge is 0.243 e. The number of amides is 1. The Morgan fingerprint density at radius 3 is 2.12 bits per heavy atom. The summed E-state index contributed by atoms with van der Waals surface area (Å²) in [6, 6.07) is 23.6. The molecule has 3 aromatic rings. The van der Waals surface area contributed by atoms with Crippen LogP contribution in [0.25, 0.3) is 10.8 Å². The van der Waals surface area contributed by atoms with Gasteiger partial charge in [0.25, 0.3) is 0 Å². The molecule has 5 nitrogen and oxygen atoms in total. The summed E-state index contributed by atoms with van der Waals surface area (Å²) >= 11 is 0. The summed E-state index contributed by atoms with van der Waals surface area (Å²) in [7, 11) is -3.56. The first kappa shape index (κ1) is 23.1. The highest BCUT2D eigenvalue weighted by molar-refractivity contribution is 7.89. The van der Waals surface area contributed by atoms with Crippen LogP contribution in [-0.4, -0.2) is 49.7 Å². The molecule has 0 radical (unpaired) electrons. The van der Waals surface area contributed by atoms with Crippen LogP contribution in [0.2, 0.25) is 0 Å². The standard InChI is InChI=1S/C28H32N2O3S/c31-28(29-16-12-23(13-17-29)20-22-6-2-1-3-7-22)25-14-18-30(19-15-25)34(32,33)27-11-10-24-8-4-5-9-26(24)21-27/h1-11,21,23,25H,12-20H2. The number of benzene rings is 3. The van der Waals surface area contributed by atoms with Crippen LogP contribution in [0.1, 0.15) is 31.2 Å². The van der Waals surface area contributed by atoms with Gasteiger partial charge in [0, 0.05) is 32.1 Å². The second-order valence-electron chi connectivity index (χ2n) is 9.65. The molecule has 6 heteroatoms. The van der Waals surface area contributed by atoms with Crippen LogP contribution >= 0.6 is 0 Å². The number of rotatable bonds is 5. The maximum atomic E-state index is 13.2. The molecule has 0 atom stereocenters. The van der Waals surface area contributed by atoms with E-state index in [1.807, 2.05) is 41.3 Å². The van der Waals surface area contributed by atoms with Crippen LogP contribution in [-0.2, 0) is 21.2 Å². The molecule has 178 valence electrons. The van der Waals surface area contributed by atoms with Gasteiger partial charge in [-0.25, -0.2) is 8.42 Å². The minimum Gasteiger partial charge on any atom is -0.342 e. The molecule has 2 aliphatic rings. The average Bonchev–Trinajstić information content (AvgIpc) is 2.89. The Morgan fingerprint density at radius 1 is 0.765 bits per heavy atom. The Hall–Kier alpha value is -2.70. The summed E-state index contributed by atoms with van der Waals surface area (Å²) < 4.78 is 28.0. The van der Waals surface area contributed by atoms with Crippen molar-refractivity contribution in [1.82, 2.24) is 9.21 Å². The third kappa shape index (κ3) is 4.89. The lowest BCUT2D eigenvalue weighted by molar-refractivity contribution is -0.138. The third-order valence-electron chi connectivity index (χ3n) is 7.46. The van der Waals surface area contributed by atoms with Gasteiger partial charge in [-0.15, -0.1) is 0 Å².